The van der Waals surface area contributed by atoms with Crippen molar-refractivity contribution in [3.05, 3.63) is 12.7 Å². The van der Waals surface area contributed by atoms with Crippen LogP contribution in [0.4, 0.5) is 10.6 Å². The second kappa shape index (κ2) is 22.5. The number of hydrogen-bond donors (Lipinski definition) is 11. The topological polar surface area (TPSA) is 349 Å². The van der Waals surface area contributed by atoms with Gasteiger partial charge in [0, 0.05) is 30.5 Å². The summed E-state index contributed by atoms with van der Waals surface area (Å²) in [5.41, 5.74) is 6.34. The van der Waals surface area contributed by atoms with Gasteiger partial charge in [-0.3, -0.25) is 14.3 Å². The number of hydrogen-bond acceptors (Lipinski definition) is 17. The van der Waals surface area contributed by atoms with E-state index in [-0.39, 0.29) is 42.0 Å². The van der Waals surface area contributed by atoms with E-state index in [1.807, 2.05) is 30.8 Å². The molecule has 3 saturated heterocycles. The van der Waals surface area contributed by atoms with Crippen LogP contribution in [0, 0.1) is 0 Å². The number of nitrogens with two attached hydrogens (primary N) is 1. The second-order valence-electron chi connectivity index (χ2n) is 15.2. The molecular weight excluding hydrogens is 887 g/mol. The summed E-state index contributed by atoms with van der Waals surface area (Å²) in [5.74, 6) is 1.09. The van der Waals surface area contributed by atoms with Crippen molar-refractivity contribution < 1.29 is 70.6 Å². The van der Waals surface area contributed by atoms with Gasteiger partial charge in [-0.25, -0.2) is 28.1 Å². The Morgan fingerprint density at radius 2 is 1.66 bits per heavy atom. The number of aromatic nitrogens is 4. The number of fused-ring (bicyclic) bond motifs is 2. The summed E-state index contributed by atoms with van der Waals surface area (Å²) in [5, 5.41) is 32.5. The lowest BCUT2D eigenvalue weighted by Gasteiger charge is -2.21. The van der Waals surface area contributed by atoms with E-state index in [4.69, 9.17) is 15.0 Å². The Hall–Kier alpha value is -2.35. The van der Waals surface area contributed by atoms with E-state index >= 15 is 0 Å². The van der Waals surface area contributed by atoms with Gasteiger partial charge in [0.05, 0.1) is 18.7 Å². The fourth-order valence-corrected chi connectivity index (χ4v) is 12.5. The van der Waals surface area contributed by atoms with E-state index in [9.17, 15) is 48.2 Å². The lowest BCUT2D eigenvalue weighted by atomic mass is 10.0. The van der Waals surface area contributed by atoms with Crippen molar-refractivity contribution >= 4 is 64.1 Å². The molecule has 3 aliphatic rings. The molecule has 10 atom stereocenters. The molecule has 346 valence electrons. The van der Waals surface area contributed by atoms with Crippen LogP contribution in [0.25, 0.3) is 11.2 Å². The summed E-state index contributed by atoms with van der Waals surface area (Å²) in [4.78, 5) is 68.8. The number of rotatable bonds is 27. The Morgan fingerprint density at radius 1 is 0.967 bits per heavy atom. The number of unbranched alkanes of at least 4 members (excludes halogenated alkanes) is 2. The van der Waals surface area contributed by atoms with Gasteiger partial charge >= 0.3 is 35.1 Å². The van der Waals surface area contributed by atoms with Crippen LogP contribution >= 0.6 is 35.2 Å². The van der Waals surface area contributed by atoms with E-state index in [0.717, 1.165) is 63.9 Å². The number of aliphatic hydroxyl groups excluding tert-OH is 2. The predicted molar refractivity (Wildman–Crippen MR) is 220 cm³/mol. The van der Waals surface area contributed by atoms with Crippen LogP contribution in [0.2, 0.25) is 0 Å². The SMILES string of the molecule is CN(CCCCN(C)CCCNP(=O)(O)OP(=O)(O)OP(=O)(O)OC[C@H]1O[C@@H]([n+]2c[nH]c3c(N)ncnc32)[C@H](O)[C@@H]1O)CCCNC(=O)CCCC[C@@H]1SC[C@@H]2NC(=O)N[C@@H]21. The number of imidazole rings is 1. The van der Waals surface area contributed by atoms with E-state index in [0.29, 0.717) is 36.7 Å². The zero-order valence-electron chi connectivity index (χ0n) is 34.0. The van der Waals surface area contributed by atoms with Gasteiger partial charge in [-0.1, -0.05) is 11.4 Å². The number of thioether (sulfide) groups is 1. The summed E-state index contributed by atoms with van der Waals surface area (Å²) >= 11 is 1.88. The first kappa shape index (κ1) is 49.7. The predicted octanol–water partition coefficient (Wildman–Crippen LogP) is -0.347. The number of carbonyl (C=O) groups is 2. The van der Waals surface area contributed by atoms with Crippen molar-refractivity contribution in [2.45, 2.75) is 93.2 Å². The number of amides is 3. The number of aromatic amines is 1. The van der Waals surface area contributed by atoms with Crippen LogP contribution < -0.4 is 31.3 Å². The third-order valence-electron chi connectivity index (χ3n) is 10.4. The minimum absolute atomic E-state index is 0.0579. The molecule has 3 fully saturated rings. The van der Waals surface area contributed by atoms with Gasteiger partial charge in [-0.2, -0.15) is 25.4 Å². The Balaban J connectivity index is 0.871. The molecule has 5 heterocycles. The molecule has 0 radical (unpaired) electrons. The fourth-order valence-electron chi connectivity index (χ4n) is 7.21. The second-order valence-corrected chi connectivity index (χ2v) is 21.3. The molecule has 61 heavy (non-hydrogen) atoms. The molecule has 0 spiro atoms. The molecule has 0 bridgehead atoms. The number of nitrogens with zero attached hydrogens (tertiary/aromatic N) is 5. The molecule has 25 nitrogen and oxygen atoms in total. The lowest BCUT2D eigenvalue weighted by molar-refractivity contribution is -0.745. The fraction of sp³-hybridized carbons (Fsp3) is 0.781. The minimum Gasteiger partial charge on any atom is -0.387 e. The van der Waals surface area contributed by atoms with Crippen molar-refractivity contribution in [1.29, 1.82) is 0 Å². The maximum Gasteiger partial charge on any atom is 0.489 e. The van der Waals surface area contributed by atoms with Crippen LogP contribution in [0.15, 0.2) is 12.7 Å². The number of nitrogens with one attached hydrogen (secondary N) is 5. The summed E-state index contributed by atoms with van der Waals surface area (Å²) in [6.07, 6.45) is 2.83. The lowest BCUT2D eigenvalue weighted by Crippen LogP contribution is -2.45. The highest BCUT2D eigenvalue weighted by atomic mass is 32.2. The number of phosphoric acid groups is 2. The Morgan fingerprint density at radius 3 is 2.38 bits per heavy atom. The van der Waals surface area contributed by atoms with Crippen molar-refractivity contribution in [2.24, 2.45) is 0 Å². The number of nitrogen functional groups attached to an aromatic ring is 1. The number of H-pyrrole nitrogens is 1. The normalized spacial score (nSPS) is 26.8. The molecular formula is C32H59N11O14P3S+. The summed E-state index contributed by atoms with van der Waals surface area (Å²) in [7, 11) is -12.2. The van der Waals surface area contributed by atoms with Gasteiger partial charge in [0.2, 0.25) is 17.7 Å². The number of ether oxygens (including phenoxy) is 1. The van der Waals surface area contributed by atoms with Gasteiger partial charge in [0.25, 0.3) is 0 Å². The molecule has 3 unspecified atom stereocenters. The number of carbonyl (C=O) groups excluding carboxylic acids is 2. The molecule has 3 aliphatic heterocycles. The van der Waals surface area contributed by atoms with E-state index in [1.54, 1.807) is 0 Å². The van der Waals surface area contributed by atoms with Gasteiger partial charge in [-0.05, 0) is 78.8 Å². The Labute approximate surface area is 357 Å². The molecule has 0 aliphatic carbocycles. The van der Waals surface area contributed by atoms with Gasteiger partial charge in [-0.15, -0.1) is 0 Å². The number of anilines is 1. The molecule has 29 heteroatoms. The standard InChI is InChI=1S/C32H58N11O14P3S/c1-41(15-7-11-34-24(44)10-4-3-9-23-25-21(18-61-23)39-32(47)40-25)13-5-6-14-42(2)16-8-12-38-58(48,49)56-60(52,53)57-59(50,51)54-17-22-27(45)28(46)31(55-22)43-20-37-26-29(33)35-19-36-30(26)43/h19-23,25,27-28,31,45-46H,3-18H2,1-2H3,(H9,33,34,35,36,38,39,40,44,47,48,49,50,51,52,53)/p+1/t21-,22+,23-,25-,27+,28+,31+/m0/s1. The molecule has 12 N–H and O–H groups in total. The van der Waals surface area contributed by atoms with Crippen molar-refractivity contribution in [1.82, 2.24) is 45.8 Å². The number of urea groups is 1. The Bertz CT molecular complexity index is 1920. The first-order valence-electron chi connectivity index (χ1n) is 20.0. The van der Waals surface area contributed by atoms with E-state index in [1.165, 1.54) is 17.2 Å². The molecule has 0 aromatic carbocycles. The van der Waals surface area contributed by atoms with Gasteiger partial charge in [0.1, 0.15) is 18.3 Å². The maximum atomic E-state index is 12.5. The quantitative estimate of drug-likeness (QED) is 0.0236. The molecule has 2 aromatic heterocycles. The van der Waals surface area contributed by atoms with Crippen molar-refractivity contribution in [3.63, 3.8) is 0 Å². The van der Waals surface area contributed by atoms with Gasteiger partial charge in [0.15, 0.2) is 18.5 Å². The van der Waals surface area contributed by atoms with Crippen LogP contribution in [0.3, 0.4) is 0 Å². The van der Waals surface area contributed by atoms with Crippen LogP contribution in [-0.4, -0.2) is 163 Å². The minimum atomic E-state index is -5.67. The van der Waals surface area contributed by atoms with E-state index in [2.05, 4.69) is 49.5 Å². The average Bonchev–Trinajstić information content (AvgIpc) is 3.94. The van der Waals surface area contributed by atoms with Crippen molar-refractivity contribution in [2.75, 3.05) is 71.5 Å². The largest absolute Gasteiger partial charge is 0.489 e. The zero-order chi connectivity index (χ0) is 44.4. The molecule has 2 aromatic rings. The smallest absolute Gasteiger partial charge is 0.387 e. The summed E-state index contributed by atoms with van der Waals surface area (Å²) in [6.45, 7) is 2.55. The van der Waals surface area contributed by atoms with Crippen LogP contribution in [0.1, 0.15) is 57.6 Å². The Kier molecular flexibility index (Phi) is 18.3. The first-order chi connectivity index (χ1) is 28.8. The number of aliphatic hydroxyl groups is 2. The average molecular weight is 947 g/mol. The van der Waals surface area contributed by atoms with Gasteiger partial charge < -0.3 is 61.1 Å². The third-order valence-corrected chi connectivity index (χ3v) is 16.3. The maximum absolute atomic E-state index is 12.5. The monoisotopic (exact) mass is 946 g/mol. The van der Waals surface area contributed by atoms with E-state index < -0.39 is 54.5 Å². The zero-order valence-corrected chi connectivity index (χ0v) is 37.5. The molecule has 5 rings (SSSR count). The highest BCUT2D eigenvalue weighted by Gasteiger charge is 2.49. The highest BCUT2D eigenvalue weighted by molar-refractivity contribution is 8.00. The molecule has 3 amide bonds. The van der Waals surface area contributed by atoms with Crippen LogP contribution in [0.5, 0.6) is 0 Å². The van der Waals surface area contributed by atoms with Crippen LogP contribution in [-0.2, 0) is 36.4 Å². The number of phosphoric ester groups is 1. The molecule has 0 saturated carbocycles. The highest BCUT2D eigenvalue weighted by Crippen LogP contribution is 2.66. The third kappa shape index (κ3) is 15.1. The summed E-state index contributed by atoms with van der Waals surface area (Å²) < 4.78 is 57.4. The summed E-state index contributed by atoms with van der Waals surface area (Å²) in [6, 6.07) is 0.318. The van der Waals surface area contributed by atoms with Crippen molar-refractivity contribution in [3.8, 4) is 0 Å². The first-order valence-corrected chi connectivity index (χ1v) is 25.6.